The minimum absolute atomic E-state index is 0.0875. The summed E-state index contributed by atoms with van der Waals surface area (Å²) in [6, 6.07) is 0. The first-order chi connectivity index (χ1) is 39.0. The Kier molecular flexibility index (Phi) is 61.9. The van der Waals surface area contributed by atoms with Crippen LogP contribution in [0.5, 0.6) is 0 Å². The summed E-state index contributed by atoms with van der Waals surface area (Å²) in [4.78, 5) is 38.2. The Bertz CT molecular complexity index is 1730. The van der Waals surface area contributed by atoms with E-state index in [0.29, 0.717) is 19.3 Å². The number of rotatable bonds is 57. The standard InChI is InChI=1S/C73H118O6/c1-4-7-10-13-16-19-21-23-25-27-28-29-30-31-32-33-34-35-36-37-38-39-40-41-42-43-44-46-47-49-51-54-57-60-63-66-72(75)78-69-70(68-77-71(74)65-62-59-56-53-18-15-12-9-6-3)79-73(76)67-64-61-58-55-52-50-48-45-26-24-22-20-17-14-11-8-5-2/h7-8,10-11,16-17,19-20,23-26,28-29,31-32,34-35,37-38,40-41,43-44,70H,4-6,9,12-15,18,21-22,27,30,33,36,39,42,45-69H2,1-3H3/b10-7-,11-8-,19-16-,20-17-,25-23-,26-24-,29-28-,32-31-,35-34-,38-37-,41-40-,44-43-. The summed E-state index contributed by atoms with van der Waals surface area (Å²) >= 11 is 0. The minimum atomic E-state index is -0.791. The molecule has 0 aliphatic carbocycles. The fraction of sp³-hybridized carbons (Fsp3) is 0.630. The van der Waals surface area contributed by atoms with E-state index in [2.05, 4.69) is 167 Å². The van der Waals surface area contributed by atoms with Crippen LogP contribution in [0.25, 0.3) is 0 Å². The third-order valence-electron chi connectivity index (χ3n) is 13.3. The van der Waals surface area contributed by atoms with E-state index < -0.39 is 6.10 Å². The lowest BCUT2D eigenvalue weighted by molar-refractivity contribution is -0.167. The second-order valence-corrected chi connectivity index (χ2v) is 20.9. The maximum Gasteiger partial charge on any atom is 0.306 e. The number of ether oxygens (including phenoxy) is 3. The van der Waals surface area contributed by atoms with Crippen molar-refractivity contribution in [2.75, 3.05) is 13.2 Å². The van der Waals surface area contributed by atoms with Crippen LogP contribution in [0.1, 0.15) is 278 Å². The molecular formula is C73H118O6. The molecule has 0 saturated heterocycles. The number of hydrogen-bond donors (Lipinski definition) is 0. The molecule has 1 atom stereocenters. The van der Waals surface area contributed by atoms with E-state index in [1.807, 2.05) is 0 Å². The van der Waals surface area contributed by atoms with E-state index in [0.717, 1.165) is 148 Å². The molecule has 0 aromatic carbocycles. The molecule has 0 radical (unpaired) electrons. The van der Waals surface area contributed by atoms with Gasteiger partial charge in [0, 0.05) is 19.3 Å². The molecule has 0 spiro atoms. The van der Waals surface area contributed by atoms with E-state index in [1.54, 1.807) is 0 Å². The SMILES string of the molecule is CC/C=C\C/C=C\C/C=C\C/C=C\C/C=C\C/C=C\C/C=C\C/C=C\C/C=C\CCCCCCCCCC(=O)OCC(COC(=O)CCCCCCCCCCC)OC(=O)CCCCCCCCC/C=C\C/C=C\C/C=C\CC. The molecule has 0 saturated carbocycles. The monoisotopic (exact) mass is 1090 g/mol. The number of esters is 3. The quantitative estimate of drug-likeness (QED) is 0.0261. The number of unbranched alkanes of at least 4 members (excludes halogenated alkanes) is 22. The molecular weight excluding hydrogens is 973 g/mol. The summed E-state index contributed by atoms with van der Waals surface area (Å²) in [5.74, 6) is -0.912. The Morgan fingerprint density at radius 1 is 0.266 bits per heavy atom. The first-order valence-electron chi connectivity index (χ1n) is 32.3. The molecule has 0 aromatic rings. The second-order valence-electron chi connectivity index (χ2n) is 20.9. The van der Waals surface area contributed by atoms with E-state index >= 15 is 0 Å². The normalized spacial score (nSPS) is 13.1. The van der Waals surface area contributed by atoms with Gasteiger partial charge in [-0.2, -0.15) is 0 Å². The highest BCUT2D eigenvalue weighted by molar-refractivity contribution is 5.71. The van der Waals surface area contributed by atoms with Gasteiger partial charge in [0.05, 0.1) is 0 Å². The van der Waals surface area contributed by atoms with Crippen molar-refractivity contribution < 1.29 is 28.6 Å². The van der Waals surface area contributed by atoms with Gasteiger partial charge in [0.15, 0.2) is 6.10 Å². The highest BCUT2D eigenvalue weighted by Crippen LogP contribution is 2.15. The van der Waals surface area contributed by atoms with Crippen molar-refractivity contribution in [1.29, 1.82) is 0 Å². The van der Waals surface area contributed by atoms with Crippen molar-refractivity contribution in [3.05, 3.63) is 146 Å². The Morgan fingerprint density at radius 3 is 0.772 bits per heavy atom. The van der Waals surface area contributed by atoms with Crippen LogP contribution in [0.3, 0.4) is 0 Å². The summed E-state index contributed by atoms with van der Waals surface area (Å²) in [5, 5.41) is 0. The van der Waals surface area contributed by atoms with Crippen LogP contribution in [0, 0.1) is 0 Å². The maximum atomic E-state index is 12.9. The van der Waals surface area contributed by atoms with Gasteiger partial charge < -0.3 is 14.2 Å². The van der Waals surface area contributed by atoms with Gasteiger partial charge in [-0.1, -0.05) is 282 Å². The zero-order chi connectivity index (χ0) is 57.1. The zero-order valence-electron chi connectivity index (χ0n) is 51.1. The highest BCUT2D eigenvalue weighted by Gasteiger charge is 2.19. The molecule has 1 unspecified atom stereocenters. The highest BCUT2D eigenvalue weighted by atomic mass is 16.6. The molecule has 0 fully saturated rings. The van der Waals surface area contributed by atoms with Crippen LogP contribution in [0.15, 0.2) is 146 Å². The van der Waals surface area contributed by atoms with Gasteiger partial charge in [-0.25, -0.2) is 0 Å². The van der Waals surface area contributed by atoms with Crippen LogP contribution in [-0.2, 0) is 28.6 Å². The van der Waals surface area contributed by atoms with Crippen LogP contribution in [0.2, 0.25) is 0 Å². The minimum Gasteiger partial charge on any atom is -0.462 e. The lowest BCUT2D eigenvalue weighted by Crippen LogP contribution is -2.30. The topological polar surface area (TPSA) is 78.9 Å². The van der Waals surface area contributed by atoms with Gasteiger partial charge in [0.1, 0.15) is 13.2 Å². The van der Waals surface area contributed by atoms with Gasteiger partial charge >= 0.3 is 17.9 Å². The average molecular weight is 1090 g/mol. The fourth-order valence-electron chi connectivity index (χ4n) is 8.57. The summed E-state index contributed by atoms with van der Waals surface area (Å²) < 4.78 is 16.8. The first kappa shape index (κ1) is 74.3. The molecule has 0 heterocycles. The average Bonchev–Trinajstić information content (AvgIpc) is 3.45. The van der Waals surface area contributed by atoms with E-state index in [4.69, 9.17) is 14.2 Å². The largest absolute Gasteiger partial charge is 0.462 e. The molecule has 0 bridgehead atoms. The molecule has 0 aromatic heterocycles. The zero-order valence-corrected chi connectivity index (χ0v) is 51.1. The van der Waals surface area contributed by atoms with Gasteiger partial charge in [-0.3, -0.25) is 14.4 Å². The molecule has 0 N–H and O–H groups in total. The van der Waals surface area contributed by atoms with Crippen LogP contribution in [-0.4, -0.2) is 37.2 Å². The summed E-state index contributed by atoms with van der Waals surface area (Å²) in [6.45, 7) is 6.38. The third kappa shape index (κ3) is 64.0. The number of hydrogen-bond acceptors (Lipinski definition) is 6. The lowest BCUT2D eigenvalue weighted by Gasteiger charge is -2.18. The van der Waals surface area contributed by atoms with Gasteiger partial charge in [0.25, 0.3) is 0 Å². The van der Waals surface area contributed by atoms with Crippen LogP contribution >= 0.6 is 0 Å². The van der Waals surface area contributed by atoms with E-state index in [9.17, 15) is 14.4 Å². The van der Waals surface area contributed by atoms with Gasteiger partial charge in [-0.05, 0) is 122 Å². The first-order valence-corrected chi connectivity index (χ1v) is 32.3. The number of carbonyl (C=O) groups excluding carboxylic acids is 3. The van der Waals surface area contributed by atoms with Crippen molar-refractivity contribution in [1.82, 2.24) is 0 Å². The third-order valence-corrected chi connectivity index (χ3v) is 13.3. The molecule has 6 nitrogen and oxygen atoms in total. The molecule has 79 heavy (non-hydrogen) atoms. The van der Waals surface area contributed by atoms with Crippen molar-refractivity contribution in [2.24, 2.45) is 0 Å². The smallest absolute Gasteiger partial charge is 0.306 e. The summed E-state index contributed by atoms with van der Waals surface area (Å²) in [6.07, 6.45) is 94.4. The number of allylic oxidation sites excluding steroid dienone is 24. The Hall–Kier alpha value is -4.71. The molecule has 6 heteroatoms. The van der Waals surface area contributed by atoms with Crippen molar-refractivity contribution in [3.8, 4) is 0 Å². The lowest BCUT2D eigenvalue weighted by atomic mass is 10.1. The van der Waals surface area contributed by atoms with Crippen molar-refractivity contribution in [3.63, 3.8) is 0 Å². The van der Waals surface area contributed by atoms with Crippen molar-refractivity contribution >= 4 is 17.9 Å². The Labute approximate surface area is 487 Å². The van der Waals surface area contributed by atoms with E-state index in [1.165, 1.54) is 89.9 Å². The summed E-state index contributed by atoms with van der Waals surface area (Å²) in [5.41, 5.74) is 0. The van der Waals surface area contributed by atoms with Crippen LogP contribution < -0.4 is 0 Å². The molecule has 446 valence electrons. The van der Waals surface area contributed by atoms with Crippen molar-refractivity contribution in [2.45, 2.75) is 284 Å². The Balaban J connectivity index is 4.22. The molecule has 0 aliphatic rings. The van der Waals surface area contributed by atoms with Gasteiger partial charge in [-0.15, -0.1) is 0 Å². The van der Waals surface area contributed by atoms with E-state index in [-0.39, 0.29) is 31.1 Å². The summed E-state index contributed by atoms with van der Waals surface area (Å²) in [7, 11) is 0. The van der Waals surface area contributed by atoms with Crippen LogP contribution in [0.4, 0.5) is 0 Å². The molecule has 0 rings (SSSR count). The predicted octanol–water partition coefficient (Wildman–Crippen LogP) is 22.3. The second kappa shape index (κ2) is 65.8. The predicted molar refractivity (Wildman–Crippen MR) is 343 cm³/mol. The molecule has 0 amide bonds. The van der Waals surface area contributed by atoms with Gasteiger partial charge in [0.2, 0.25) is 0 Å². The Morgan fingerprint density at radius 2 is 0.494 bits per heavy atom. The number of carbonyl (C=O) groups is 3. The molecule has 0 aliphatic heterocycles. The maximum absolute atomic E-state index is 12.9. The fourth-order valence-corrected chi connectivity index (χ4v) is 8.57.